The van der Waals surface area contributed by atoms with E-state index in [4.69, 9.17) is 4.74 Å². The Balaban J connectivity index is 1.19. The lowest BCUT2D eigenvalue weighted by molar-refractivity contribution is -0.139. The van der Waals surface area contributed by atoms with Crippen LogP contribution in [0.2, 0.25) is 0 Å². The number of carboxylic acids is 1. The molecular weight excluding hydrogens is 496 g/mol. The van der Waals surface area contributed by atoms with E-state index in [2.05, 4.69) is 33.1 Å². The van der Waals surface area contributed by atoms with Crippen LogP contribution in [0.1, 0.15) is 53.7 Å². The lowest BCUT2D eigenvalue weighted by Crippen LogP contribution is -2.43. The molecule has 1 aliphatic heterocycles. The zero-order valence-corrected chi connectivity index (χ0v) is 21.8. The smallest absolute Gasteiger partial charge is 0.326 e. The van der Waals surface area contributed by atoms with Crippen molar-refractivity contribution in [1.82, 2.24) is 15.6 Å². The molecule has 0 saturated carbocycles. The Labute approximate surface area is 228 Å². The van der Waals surface area contributed by atoms with Gasteiger partial charge in [0.15, 0.2) is 0 Å². The van der Waals surface area contributed by atoms with Gasteiger partial charge in [0.05, 0.1) is 5.56 Å². The average molecular weight is 531 g/mol. The number of carbonyl (C=O) groups is 3. The molecule has 0 spiro atoms. The number of carboxylic acid groups (broad SMARTS) is 1. The number of ether oxygens (including phenoxy) is 1. The Kier molecular flexibility index (Phi) is 9.88. The van der Waals surface area contributed by atoms with Gasteiger partial charge in [-0.15, -0.1) is 0 Å². The molecule has 2 amide bonds. The Hall–Kier alpha value is -4.40. The van der Waals surface area contributed by atoms with Crippen LogP contribution in [0.4, 0.5) is 5.82 Å². The number of amides is 2. The molecule has 0 saturated heterocycles. The highest BCUT2D eigenvalue weighted by molar-refractivity contribution is 5.99. The molecule has 39 heavy (non-hydrogen) atoms. The van der Waals surface area contributed by atoms with Crippen LogP contribution in [0.5, 0.6) is 11.5 Å². The quantitative estimate of drug-likeness (QED) is 0.242. The van der Waals surface area contributed by atoms with Crippen LogP contribution in [-0.4, -0.2) is 47.0 Å². The molecule has 3 aromatic rings. The fourth-order valence-electron chi connectivity index (χ4n) is 4.40. The summed E-state index contributed by atoms with van der Waals surface area (Å²) in [4.78, 5) is 41.6. The Morgan fingerprint density at radius 1 is 1.00 bits per heavy atom. The largest absolute Gasteiger partial charge is 0.480 e. The molecule has 1 aromatic heterocycles. The van der Waals surface area contributed by atoms with Crippen LogP contribution in [0.3, 0.4) is 0 Å². The van der Waals surface area contributed by atoms with Crippen molar-refractivity contribution in [2.45, 2.75) is 51.0 Å². The Morgan fingerprint density at radius 2 is 1.79 bits per heavy atom. The third kappa shape index (κ3) is 8.29. The summed E-state index contributed by atoms with van der Waals surface area (Å²) in [6.45, 7) is 1.09. The number of unbranched alkanes of at least 4 members (excludes halogenated alkanes) is 1. The minimum absolute atomic E-state index is 0.0561. The van der Waals surface area contributed by atoms with Gasteiger partial charge in [0, 0.05) is 25.2 Å². The van der Waals surface area contributed by atoms with Crippen LogP contribution in [0.25, 0.3) is 0 Å². The fraction of sp³-hybridized carbons (Fsp3) is 0.333. The van der Waals surface area contributed by atoms with Crippen molar-refractivity contribution in [3.05, 3.63) is 83.6 Å². The number of aliphatic carboxylic acids is 1. The predicted molar refractivity (Wildman–Crippen MR) is 148 cm³/mol. The number of aryl methyl sites for hydroxylation is 2. The Morgan fingerprint density at radius 3 is 2.62 bits per heavy atom. The number of para-hydroxylation sites is 2. The lowest BCUT2D eigenvalue weighted by atomic mass is 10.1. The topological polar surface area (TPSA) is 130 Å². The molecule has 0 radical (unpaired) electrons. The van der Waals surface area contributed by atoms with Crippen molar-refractivity contribution < 1.29 is 24.2 Å². The second-order valence-corrected chi connectivity index (χ2v) is 9.46. The van der Waals surface area contributed by atoms with E-state index in [1.807, 2.05) is 18.2 Å². The number of benzene rings is 2. The first-order chi connectivity index (χ1) is 19.0. The van der Waals surface area contributed by atoms with Gasteiger partial charge in [-0.3, -0.25) is 9.59 Å². The number of hydrogen-bond donors (Lipinski definition) is 4. The van der Waals surface area contributed by atoms with Crippen LogP contribution in [0, 0.1) is 0 Å². The first kappa shape index (κ1) is 27.6. The SMILES string of the molecule is O=C(CCCCc1ccc2c(n1)NCCC2)NCCC(NC(=O)c1ccccc1Oc1ccccc1)C(=O)O. The molecule has 1 atom stereocenters. The van der Waals surface area contributed by atoms with E-state index >= 15 is 0 Å². The maximum Gasteiger partial charge on any atom is 0.326 e. The molecule has 9 nitrogen and oxygen atoms in total. The van der Waals surface area contributed by atoms with Gasteiger partial charge in [0.2, 0.25) is 5.91 Å². The van der Waals surface area contributed by atoms with Gasteiger partial charge in [0.1, 0.15) is 23.4 Å². The molecule has 9 heteroatoms. The average Bonchev–Trinajstić information content (AvgIpc) is 2.95. The Bertz CT molecular complexity index is 1280. The second-order valence-electron chi connectivity index (χ2n) is 9.46. The molecule has 204 valence electrons. The maximum absolute atomic E-state index is 12.9. The number of rotatable bonds is 13. The van der Waals surface area contributed by atoms with Crippen molar-refractivity contribution in [2.75, 3.05) is 18.4 Å². The monoisotopic (exact) mass is 530 g/mol. The molecule has 0 aliphatic carbocycles. The van der Waals surface area contributed by atoms with Crippen molar-refractivity contribution in [3.8, 4) is 11.5 Å². The molecule has 1 aliphatic rings. The zero-order chi connectivity index (χ0) is 27.5. The number of aromatic nitrogens is 1. The van der Waals surface area contributed by atoms with Gasteiger partial charge in [-0.2, -0.15) is 0 Å². The summed E-state index contributed by atoms with van der Waals surface area (Å²) in [7, 11) is 0. The zero-order valence-electron chi connectivity index (χ0n) is 21.8. The molecule has 2 heterocycles. The van der Waals surface area contributed by atoms with Crippen molar-refractivity contribution >= 4 is 23.6 Å². The summed E-state index contributed by atoms with van der Waals surface area (Å²) < 4.78 is 5.81. The highest BCUT2D eigenvalue weighted by atomic mass is 16.5. The summed E-state index contributed by atoms with van der Waals surface area (Å²) in [6.07, 6.45) is 4.91. The number of nitrogens with one attached hydrogen (secondary N) is 3. The van der Waals surface area contributed by atoms with E-state index in [-0.39, 0.29) is 24.4 Å². The van der Waals surface area contributed by atoms with Crippen LogP contribution >= 0.6 is 0 Å². The predicted octanol–water partition coefficient (Wildman–Crippen LogP) is 4.33. The standard InChI is InChI=1S/C30H34N4O5/c35-27(15-7-4-10-22-17-16-21-9-8-19-32-28(21)33-22)31-20-18-25(30(37)38)34-29(36)24-13-5-6-14-26(24)39-23-11-2-1-3-12-23/h1-3,5-6,11-14,16-17,25H,4,7-10,15,18-20H2,(H,31,35)(H,32,33)(H,34,36)(H,37,38). The number of anilines is 1. The number of nitrogens with zero attached hydrogens (tertiary/aromatic N) is 1. The second kappa shape index (κ2) is 13.9. The molecule has 0 bridgehead atoms. The molecule has 1 unspecified atom stereocenters. The van der Waals surface area contributed by atoms with Crippen molar-refractivity contribution in [1.29, 1.82) is 0 Å². The van der Waals surface area contributed by atoms with Gasteiger partial charge >= 0.3 is 5.97 Å². The molecular formula is C30H34N4O5. The third-order valence-electron chi connectivity index (χ3n) is 6.50. The van der Waals surface area contributed by atoms with Crippen LogP contribution in [-0.2, 0) is 22.4 Å². The summed E-state index contributed by atoms with van der Waals surface area (Å²) in [5.41, 5.74) is 2.49. The normalized spacial score (nSPS) is 12.9. The molecule has 0 fully saturated rings. The van der Waals surface area contributed by atoms with Gasteiger partial charge < -0.3 is 25.8 Å². The van der Waals surface area contributed by atoms with Crippen LogP contribution < -0.4 is 20.7 Å². The summed E-state index contributed by atoms with van der Waals surface area (Å²) in [5, 5.41) is 18.3. The van der Waals surface area contributed by atoms with E-state index in [1.165, 1.54) is 5.56 Å². The van der Waals surface area contributed by atoms with E-state index in [0.29, 0.717) is 24.3 Å². The molecule has 2 aromatic carbocycles. The molecule has 4 rings (SSSR count). The van der Waals surface area contributed by atoms with E-state index in [0.717, 1.165) is 43.7 Å². The van der Waals surface area contributed by atoms with Crippen molar-refractivity contribution in [3.63, 3.8) is 0 Å². The number of carbonyl (C=O) groups excluding carboxylic acids is 2. The summed E-state index contributed by atoms with van der Waals surface area (Å²) in [5.74, 6) is -0.0278. The number of hydrogen-bond acceptors (Lipinski definition) is 6. The number of fused-ring (bicyclic) bond motifs is 1. The molecule has 4 N–H and O–H groups in total. The van der Waals surface area contributed by atoms with Gasteiger partial charge in [-0.1, -0.05) is 36.4 Å². The highest BCUT2D eigenvalue weighted by Gasteiger charge is 2.22. The van der Waals surface area contributed by atoms with Gasteiger partial charge in [-0.25, -0.2) is 9.78 Å². The van der Waals surface area contributed by atoms with E-state index in [1.54, 1.807) is 36.4 Å². The van der Waals surface area contributed by atoms with Gasteiger partial charge in [-0.05, 0) is 74.4 Å². The van der Waals surface area contributed by atoms with E-state index < -0.39 is 17.9 Å². The van der Waals surface area contributed by atoms with E-state index in [9.17, 15) is 19.5 Å². The fourth-order valence-corrected chi connectivity index (χ4v) is 4.40. The summed E-state index contributed by atoms with van der Waals surface area (Å²) in [6, 6.07) is 18.7. The van der Waals surface area contributed by atoms with Crippen LogP contribution in [0.15, 0.2) is 66.7 Å². The highest BCUT2D eigenvalue weighted by Crippen LogP contribution is 2.25. The maximum atomic E-state index is 12.9. The van der Waals surface area contributed by atoms with Gasteiger partial charge in [0.25, 0.3) is 5.91 Å². The lowest BCUT2D eigenvalue weighted by Gasteiger charge is -2.17. The minimum atomic E-state index is -1.17. The number of pyridine rings is 1. The summed E-state index contributed by atoms with van der Waals surface area (Å²) >= 11 is 0. The first-order valence-corrected chi connectivity index (χ1v) is 13.3. The van der Waals surface area contributed by atoms with Crippen molar-refractivity contribution in [2.24, 2.45) is 0 Å². The third-order valence-corrected chi connectivity index (χ3v) is 6.50. The first-order valence-electron chi connectivity index (χ1n) is 13.3. The minimum Gasteiger partial charge on any atom is -0.480 e.